The number of para-hydroxylation sites is 2. The number of rotatable bonds is 6. The number of imidazole rings is 1. The summed E-state index contributed by atoms with van der Waals surface area (Å²) in [7, 11) is -3.30. The van der Waals surface area contributed by atoms with Crippen molar-refractivity contribution >= 4 is 33.0 Å². The van der Waals surface area contributed by atoms with Gasteiger partial charge in [-0.1, -0.05) is 12.1 Å². The van der Waals surface area contributed by atoms with Gasteiger partial charge in [-0.25, -0.2) is 22.2 Å². The van der Waals surface area contributed by atoms with Gasteiger partial charge in [-0.05, 0) is 19.1 Å². The Labute approximate surface area is 201 Å². The number of piperazine rings is 1. The highest BCUT2D eigenvalue weighted by Gasteiger charge is 2.29. The maximum Gasteiger partial charge on any atom is 0.296 e. The van der Waals surface area contributed by atoms with Crippen LogP contribution >= 0.6 is 0 Å². The van der Waals surface area contributed by atoms with Gasteiger partial charge in [0, 0.05) is 39.3 Å². The number of morpholine rings is 1. The lowest BCUT2D eigenvalue weighted by Gasteiger charge is -2.34. The minimum absolute atomic E-state index is 0.0359. The number of aromatic nitrogens is 5. The van der Waals surface area contributed by atoms with Gasteiger partial charge >= 0.3 is 0 Å². The Hall–Kier alpha value is -2.97. The fourth-order valence-corrected chi connectivity index (χ4v) is 5.32. The molecule has 2 fully saturated rings. The largest absolute Gasteiger partial charge is 0.378 e. The van der Waals surface area contributed by atoms with Gasteiger partial charge in [0.1, 0.15) is 0 Å². The van der Waals surface area contributed by atoms with Crippen LogP contribution in [0.4, 0.5) is 20.7 Å². The summed E-state index contributed by atoms with van der Waals surface area (Å²) in [5.74, 6) is 0.297. The van der Waals surface area contributed by atoms with Crippen LogP contribution in [0.5, 0.6) is 0 Å². The minimum Gasteiger partial charge on any atom is -0.378 e. The maximum atomic E-state index is 14.0. The third kappa shape index (κ3) is 4.65. The molecule has 0 atom stereocenters. The Balaban J connectivity index is 1.57. The zero-order valence-corrected chi connectivity index (χ0v) is 20.0. The molecule has 0 spiro atoms. The third-order valence-electron chi connectivity index (χ3n) is 6.16. The van der Waals surface area contributed by atoms with E-state index in [1.54, 1.807) is 31.2 Å². The predicted octanol–water partition coefficient (Wildman–Crippen LogP) is 1.46. The molecule has 0 saturated carbocycles. The Morgan fingerprint density at radius 1 is 0.886 bits per heavy atom. The molecule has 2 aliphatic heterocycles. The van der Waals surface area contributed by atoms with Crippen LogP contribution < -0.4 is 9.80 Å². The molecule has 3 aromatic rings. The molecule has 5 rings (SSSR count). The first-order valence-corrected chi connectivity index (χ1v) is 13.1. The molecule has 2 aliphatic rings. The summed E-state index contributed by atoms with van der Waals surface area (Å²) < 4.78 is 60.7. The van der Waals surface area contributed by atoms with Gasteiger partial charge in [0.15, 0.2) is 5.82 Å². The quantitative estimate of drug-likeness (QED) is 0.489. The number of halogens is 2. The predicted molar refractivity (Wildman–Crippen MR) is 126 cm³/mol. The van der Waals surface area contributed by atoms with Crippen LogP contribution in [0.25, 0.3) is 17.0 Å². The van der Waals surface area contributed by atoms with E-state index < -0.39 is 22.3 Å². The van der Waals surface area contributed by atoms with Crippen LogP contribution in [0.3, 0.4) is 0 Å². The number of anilines is 2. The van der Waals surface area contributed by atoms with E-state index in [2.05, 4.69) is 19.9 Å². The zero-order valence-electron chi connectivity index (χ0n) is 19.2. The van der Waals surface area contributed by atoms with E-state index in [1.807, 2.05) is 9.80 Å². The lowest BCUT2D eigenvalue weighted by Crippen LogP contribution is -2.49. The van der Waals surface area contributed by atoms with Crippen molar-refractivity contribution < 1.29 is 21.9 Å². The standard InChI is InChI=1S/C21H26F2N8O3S/c1-2-35(32,33)30-9-7-28(8-10-30)19-25-20(29-11-13-34-14-12-29)27-21(26-19)31-16-6-4-3-5-15(16)24-18(31)17(22)23/h3-6,17H,2,7-14H2,1H3. The fraction of sp³-hybridized carbons (Fsp3) is 0.524. The van der Waals surface area contributed by atoms with Crippen molar-refractivity contribution in [3.8, 4) is 5.95 Å². The summed E-state index contributed by atoms with van der Waals surface area (Å²) in [5, 5.41) is 0. The summed E-state index contributed by atoms with van der Waals surface area (Å²) in [6, 6.07) is 6.83. The van der Waals surface area contributed by atoms with E-state index in [9.17, 15) is 17.2 Å². The number of fused-ring (bicyclic) bond motifs is 1. The molecule has 2 saturated heterocycles. The highest BCUT2D eigenvalue weighted by molar-refractivity contribution is 7.89. The fourth-order valence-electron chi connectivity index (χ4n) is 4.24. The number of ether oxygens (including phenoxy) is 1. The van der Waals surface area contributed by atoms with Gasteiger partial charge < -0.3 is 14.5 Å². The SMILES string of the molecule is CCS(=O)(=O)N1CCN(c2nc(N3CCOCC3)nc(-n3c(C(F)F)nc4ccccc43)n2)CC1. The monoisotopic (exact) mass is 508 g/mol. The molecule has 0 unspecified atom stereocenters. The zero-order chi connectivity index (χ0) is 24.6. The normalized spacial score (nSPS) is 18.1. The first-order chi connectivity index (χ1) is 16.9. The Morgan fingerprint density at radius 2 is 1.49 bits per heavy atom. The molecule has 1 aromatic carbocycles. The highest BCUT2D eigenvalue weighted by Crippen LogP contribution is 2.28. The van der Waals surface area contributed by atoms with Gasteiger partial charge in [0.2, 0.25) is 27.9 Å². The first kappa shape index (κ1) is 23.8. The topological polar surface area (TPSA) is 110 Å². The summed E-state index contributed by atoms with van der Waals surface area (Å²) in [6.07, 6.45) is -2.84. The lowest BCUT2D eigenvalue weighted by atomic mass is 10.3. The Bertz CT molecular complexity index is 1310. The molecule has 188 valence electrons. The molecule has 35 heavy (non-hydrogen) atoms. The van der Waals surface area contributed by atoms with E-state index in [4.69, 9.17) is 4.74 Å². The second-order valence-electron chi connectivity index (χ2n) is 8.22. The van der Waals surface area contributed by atoms with Gasteiger partial charge in [-0.15, -0.1) is 0 Å². The van der Waals surface area contributed by atoms with Crippen molar-refractivity contribution in [2.24, 2.45) is 0 Å². The second-order valence-corrected chi connectivity index (χ2v) is 10.5. The average Bonchev–Trinajstić information content (AvgIpc) is 3.29. The molecule has 14 heteroatoms. The molecule has 11 nitrogen and oxygen atoms in total. The van der Waals surface area contributed by atoms with Crippen molar-refractivity contribution in [2.45, 2.75) is 13.3 Å². The summed E-state index contributed by atoms with van der Waals surface area (Å²) in [4.78, 5) is 21.7. The van der Waals surface area contributed by atoms with Crippen LogP contribution in [0.15, 0.2) is 24.3 Å². The molecule has 2 aromatic heterocycles. The molecule has 0 bridgehead atoms. The van der Waals surface area contributed by atoms with Crippen molar-refractivity contribution in [2.75, 3.05) is 68.0 Å². The molecule has 0 N–H and O–H groups in total. The number of hydrogen-bond donors (Lipinski definition) is 0. The molecule has 0 aliphatic carbocycles. The molecule has 0 radical (unpaired) electrons. The van der Waals surface area contributed by atoms with Crippen molar-refractivity contribution in [3.63, 3.8) is 0 Å². The van der Waals surface area contributed by atoms with Crippen LogP contribution in [0, 0.1) is 0 Å². The number of nitrogens with zero attached hydrogens (tertiary/aromatic N) is 8. The minimum atomic E-state index is -3.30. The molecule has 0 amide bonds. The van der Waals surface area contributed by atoms with Crippen molar-refractivity contribution in [3.05, 3.63) is 30.1 Å². The van der Waals surface area contributed by atoms with Crippen LogP contribution in [-0.4, -0.2) is 95.5 Å². The number of benzene rings is 1. The first-order valence-electron chi connectivity index (χ1n) is 11.4. The second kappa shape index (κ2) is 9.59. The van der Waals surface area contributed by atoms with E-state index in [0.29, 0.717) is 75.4 Å². The van der Waals surface area contributed by atoms with Gasteiger partial charge in [-0.3, -0.25) is 4.57 Å². The molecule has 4 heterocycles. The summed E-state index contributed by atoms with van der Waals surface area (Å²) >= 11 is 0. The number of hydrogen-bond acceptors (Lipinski definition) is 9. The average molecular weight is 509 g/mol. The van der Waals surface area contributed by atoms with Gasteiger partial charge in [0.25, 0.3) is 6.43 Å². The van der Waals surface area contributed by atoms with Crippen LogP contribution in [0.2, 0.25) is 0 Å². The number of alkyl halides is 2. The Kier molecular flexibility index (Phi) is 6.51. The highest BCUT2D eigenvalue weighted by atomic mass is 32.2. The third-order valence-corrected chi connectivity index (χ3v) is 8.04. The van der Waals surface area contributed by atoms with Gasteiger partial charge in [0.05, 0.1) is 30.0 Å². The maximum absolute atomic E-state index is 14.0. The van der Waals surface area contributed by atoms with Crippen molar-refractivity contribution in [1.82, 2.24) is 28.8 Å². The molecular formula is C21H26F2N8O3S. The summed E-state index contributed by atoms with van der Waals surface area (Å²) in [6.45, 7) is 5.05. The van der Waals surface area contributed by atoms with Crippen LogP contribution in [-0.2, 0) is 14.8 Å². The van der Waals surface area contributed by atoms with E-state index in [-0.39, 0.29) is 11.7 Å². The van der Waals surface area contributed by atoms with E-state index in [1.165, 1.54) is 8.87 Å². The van der Waals surface area contributed by atoms with E-state index >= 15 is 0 Å². The van der Waals surface area contributed by atoms with Crippen LogP contribution in [0.1, 0.15) is 19.2 Å². The lowest BCUT2D eigenvalue weighted by molar-refractivity contribution is 0.122. The smallest absolute Gasteiger partial charge is 0.296 e. The Morgan fingerprint density at radius 3 is 2.11 bits per heavy atom. The summed E-state index contributed by atoms with van der Waals surface area (Å²) in [5.41, 5.74) is 0.878. The van der Waals surface area contributed by atoms with Crippen molar-refractivity contribution in [1.29, 1.82) is 0 Å². The number of sulfonamides is 1. The van der Waals surface area contributed by atoms with Gasteiger partial charge in [-0.2, -0.15) is 19.3 Å². The van der Waals surface area contributed by atoms with E-state index in [0.717, 1.165) is 0 Å². The molecular weight excluding hydrogens is 482 g/mol.